The van der Waals surface area contributed by atoms with Gasteiger partial charge in [-0.05, 0) is 69.4 Å². The van der Waals surface area contributed by atoms with Crippen molar-refractivity contribution in [3.05, 3.63) is 46.0 Å². The average Bonchev–Trinajstić information content (AvgIpc) is 2.55. The first-order valence-electron chi connectivity index (χ1n) is 8.84. The van der Waals surface area contributed by atoms with Crippen LogP contribution >= 0.6 is 15.9 Å². The number of rotatable bonds is 4. The van der Waals surface area contributed by atoms with Crippen LogP contribution in [0.3, 0.4) is 0 Å². The third kappa shape index (κ3) is 6.25. The fourth-order valence-electron chi connectivity index (χ4n) is 3.31. The minimum absolute atomic E-state index is 0.133. The van der Waals surface area contributed by atoms with Crippen molar-refractivity contribution in [2.24, 2.45) is 11.8 Å². The fraction of sp³-hybridized carbons (Fsp3) is 0.571. The van der Waals surface area contributed by atoms with Crippen LogP contribution in [0.4, 0.5) is 0 Å². The number of ketones is 1. The van der Waals surface area contributed by atoms with E-state index in [9.17, 15) is 4.79 Å². The van der Waals surface area contributed by atoms with Crippen LogP contribution in [0.25, 0.3) is 0 Å². The van der Waals surface area contributed by atoms with E-state index in [0.717, 1.165) is 33.9 Å². The van der Waals surface area contributed by atoms with E-state index >= 15 is 0 Å². The first-order valence-corrected chi connectivity index (χ1v) is 9.63. The number of benzene rings is 1. The first-order chi connectivity index (χ1) is 10.9. The van der Waals surface area contributed by atoms with Gasteiger partial charge in [-0.15, -0.1) is 0 Å². The van der Waals surface area contributed by atoms with Crippen molar-refractivity contribution in [1.29, 1.82) is 0 Å². The Kier molecular flexibility index (Phi) is 8.83. The van der Waals surface area contributed by atoms with Crippen molar-refractivity contribution < 1.29 is 4.79 Å². The number of carbonyl (C=O) groups excluding carboxylic acids is 1. The van der Waals surface area contributed by atoms with Crippen LogP contribution in [0.1, 0.15) is 75.7 Å². The smallest absolute Gasteiger partial charge is 0.160 e. The van der Waals surface area contributed by atoms with Gasteiger partial charge in [0.25, 0.3) is 0 Å². The zero-order valence-electron chi connectivity index (χ0n) is 15.1. The molecule has 1 aliphatic carbocycles. The van der Waals surface area contributed by atoms with Gasteiger partial charge in [0.05, 0.1) is 0 Å². The lowest BCUT2D eigenvalue weighted by Gasteiger charge is -2.27. The van der Waals surface area contributed by atoms with E-state index in [1.54, 1.807) is 6.92 Å². The van der Waals surface area contributed by atoms with Gasteiger partial charge in [0.15, 0.2) is 5.78 Å². The number of halogens is 1. The normalized spacial score (nSPS) is 20.4. The SMILES string of the molecule is C=C(C)C1CCC(CC)CC1.CCc1c(Br)cccc1C(C)=O. The summed E-state index contributed by atoms with van der Waals surface area (Å²) in [5.74, 6) is 2.00. The second kappa shape index (κ2) is 10.1. The molecule has 0 atom stereocenters. The standard InChI is InChI=1S/C11H20.C10H11BrO/c1-4-10-5-7-11(8-6-10)9(2)3;1-3-8-9(7(2)12)5-4-6-10(8)11/h10-11H,2,4-8H2,1,3H3;4-6H,3H2,1-2H3. The molecule has 0 spiro atoms. The van der Waals surface area contributed by atoms with Crippen LogP contribution in [0.15, 0.2) is 34.8 Å². The molecule has 1 aromatic carbocycles. The highest BCUT2D eigenvalue weighted by atomic mass is 79.9. The van der Waals surface area contributed by atoms with Crippen LogP contribution in [0.5, 0.6) is 0 Å². The number of hydrogen-bond acceptors (Lipinski definition) is 1. The lowest BCUT2D eigenvalue weighted by Crippen LogP contribution is -2.14. The van der Waals surface area contributed by atoms with Crippen molar-refractivity contribution in [2.75, 3.05) is 0 Å². The Bertz CT molecular complexity index is 525. The highest BCUT2D eigenvalue weighted by Gasteiger charge is 2.19. The molecule has 0 radical (unpaired) electrons. The molecule has 0 aromatic heterocycles. The quantitative estimate of drug-likeness (QED) is 0.407. The zero-order valence-corrected chi connectivity index (χ0v) is 16.7. The van der Waals surface area contributed by atoms with Gasteiger partial charge >= 0.3 is 0 Å². The summed E-state index contributed by atoms with van der Waals surface area (Å²) in [6.07, 6.45) is 7.93. The molecule has 1 aliphatic rings. The van der Waals surface area contributed by atoms with E-state index in [0.29, 0.717) is 0 Å². The number of carbonyl (C=O) groups is 1. The van der Waals surface area contributed by atoms with Gasteiger partial charge < -0.3 is 0 Å². The van der Waals surface area contributed by atoms with E-state index in [1.165, 1.54) is 37.7 Å². The Morgan fingerprint density at radius 2 is 1.78 bits per heavy atom. The van der Waals surface area contributed by atoms with E-state index in [1.807, 2.05) is 25.1 Å². The third-order valence-corrected chi connectivity index (χ3v) is 5.72. The number of allylic oxidation sites excluding steroid dienone is 1. The van der Waals surface area contributed by atoms with Gasteiger partial charge in [-0.3, -0.25) is 4.79 Å². The molecule has 2 heteroatoms. The molecule has 0 unspecified atom stereocenters. The van der Waals surface area contributed by atoms with E-state index in [4.69, 9.17) is 0 Å². The Hall–Kier alpha value is -0.890. The molecule has 0 N–H and O–H groups in total. The average molecular weight is 379 g/mol. The van der Waals surface area contributed by atoms with Crippen LogP contribution in [-0.4, -0.2) is 5.78 Å². The Morgan fingerprint density at radius 3 is 2.17 bits per heavy atom. The maximum absolute atomic E-state index is 11.2. The predicted octanol–water partition coefficient (Wildman–Crippen LogP) is 6.99. The number of Topliss-reactive ketones (excluding diaryl/α,β-unsaturated/α-hetero) is 1. The molecule has 1 aromatic rings. The molecule has 0 saturated heterocycles. The minimum Gasteiger partial charge on any atom is -0.295 e. The van der Waals surface area contributed by atoms with Crippen molar-refractivity contribution in [1.82, 2.24) is 0 Å². The highest BCUT2D eigenvalue weighted by molar-refractivity contribution is 9.10. The topological polar surface area (TPSA) is 17.1 Å². The summed E-state index contributed by atoms with van der Waals surface area (Å²) in [7, 11) is 0. The summed E-state index contributed by atoms with van der Waals surface area (Å²) >= 11 is 3.42. The Morgan fingerprint density at radius 1 is 1.17 bits per heavy atom. The summed E-state index contributed by atoms with van der Waals surface area (Å²) < 4.78 is 1.03. The first kappa shape index (κ1) is 20.2. The molecule has 0 aliphatic heterocycles. The maximum atomic E-state index is 11.2. The second-order valence-corrected chi connectivity index (χ2v) is 7.50. The Labute approximate surface area is 150 Å². The molecule has 2 rings (SSSR count). The van der Waals surface area contributed by atoms with Gasteiger partial charge in [0.2, 0.25) is 0 Å². The van der Waals surface area contributed by atoms with Gasteiger partial charge in [-0.25, -0.2) is 0 Å². The third-order valence-electron chi connectivity index (χ3n) is 4.97. The lowest BCUT2D eigenvalue weighted by molar-refractivity contribution is 0.101. The van der Waals surface area contributed by atoms with Crippen molar-refractivity contribution in [3.63, 3.8) is 0 Å². The van der Waals surface area contributed by atoms with Gasteiger partial charge in [-0.2, -0.15) is 0 Å². The Balaban J connectivity index is 0.000000231. The van der Waals surface area contributed by atoms with Crippen molar-refractivity contribution >= 4 is 21.7 Å². The van der Waals surface area contributed by atoms with Crippen molar-refractivity contribution in [2.45, 2.75) is 66.2 Å². The van der Waals surface area contributed by atoms with Gasteiger partial charge in [0.1, 0.15) is 0 Å². The summed E-state index contributed by atoms with van der Waals surface area (Å²) in [4.78, 5) is 11.2. The predicted molar refractivity (Wildman–Crippen MR) is 104 cm³/mol. The van der Waals surface area contributed by atoms with Crippen LogP contribution < -0.4 is 0 Å². The molecule has 128 valence electrons. The lowest BCUT2D eigenvalue weighted by atomic mass is 9.78. The van der Waals surface area contributed by atoms with E-state index in [2.05, 4.69) is 36.4 Å². The van der Waals surface area contributed by atoms with Crippen molar-refractivity contribution in [3.8, 4) is 0 Å². The molecule has 0 amide bonds. The fourth-order valence-corrected chi connectivity index (χ4v) is 3.96. The van der Waals surface area contributed by atoms with Gasteiger partial charge in [-0.1, -0.05) is 60.5 Å². The largest absolute Gasteiger partial charge is 0.295 e. The van der Waals surface area contributed by atoms with Crippen LogP contribution in [0.2, 0.25) is 0 Å². The molecule has 23 heavy (non-hydrogen) atoms. The molecule has 1 saturated carbocycles. The minimum atomic E-state index is 0.133. The van der Waals surface area contributed by atoms with Crippen LogP contribution in [-0.2, 0) is 6.42 Å². The zero-order chi connectivity index (χ0) is 17.4. The van der Waals surface area contributed by atoms with E-state index < -0.39 is 0 Å². The van der Waals surface area contributed by atoms with Crippen LogP contribution in [0, 0.1) is 11.8 Å². The van der Waals surface area contributed by atoms with Gasteiger partial charge in [0, 0.05) is 10.0 Å². The number of hydrogen-bond donors (Lipinski definition) is 0. The molecule has 0 heterocycles. The molecule has 1 nitrogen and oxygen atoms in total. The molecular formula is C21H31BrO. The molecule has 1 fully saturated rings. The highest BCUT2D eigenvalue weighted by Crippen LogP contribution is 2.33. The van der Waals surface area contributed by atoms with E-state index in [-0.39, 0.29) is 5.78 Å². The molecular weight excluding hydrogens is 348 g/mol. The summed E-state index contributed by atoms with van der Waals surface area (Å²) in [6, 6.07) is 5.72. The monoisotopic (exact) mass is 378 g/mol. The summed E-state index contributed by atoms with van der Waals surface area (Å²) in [6.45, 7) is 12.2. The maximum Gasteiger partial charge on any atom is 0.160 e. The summed E-state index contributed by atoms with van der Waals surface area (Å²) in [5, 5.41) is 0. The summed E-state index contributed by atoms with van der Waals surface area (Å²) in [5.41, 5.74) is 3.33. The molecule has 0 bridgehead atoms. The second-order valence-electron chi connectivity index (χ2n) is 6.65.